The first-order valence-electron chi connectivity index (χ1n) is 10.9. The molecule has 2 aliphatic heterocycles. The van der Waals surface area contributed by atoms with E-state index in [9.17, 15) is 9.90 Å². The van der Waals surface area contributed by atoms with Crippen LogP contribution in [0.3, 0.4) is 0 Å². The van der Waals surface area contributed by atoms with Crippen molar-refractivity contribution in [2.45, 2.75) is 25.1 Å². The highest BCUT2D eigenvalue weighted by molar-refractivity contribution is 5.94. The average Bonchev–Trinajstić information content (AvgIpc) is 3.42. The van der Waals surface area contributed by atoms with Crippen LogP contribution in [0.5, 0.6) is 0 Å². The van der Waals surface area contributed by atoms with Crippen LogP contribution < -0.4 is 4.90 Å². The van der Waals surface area contributed by atoms with Gasteiger partial charge in [-0.25, -0.2) is 4.98 Å². The number of pyridine rings is 1. The second-order valence-electron chi connectivity index (χ2n) is 8.60. The third kappa shape index (κ3) is 3.22. The number of H-pyrrole nitrogens is 1. The summed E-state index contributed by atoms with van der Waals surface area (Å²) < 4.78 is 0. The summed E-state index contributed by atoms with van der Waals surface area (Å²) in [6.45, 7) is 1.57. The number of aliphatic hydroxyl groups is 1. The molecule has 1 saturated heterocycles. The summed E-state index contributed by atoms with van der Waals surface area (Å²) in [5.41, 5.74) is 3.17. The molecule has 2 aliphatic rings. The topological polar surface area (TPSA) is 85.4 Å². The number of benzene rings is 2. The predicted molar refractivity (Wildman–Crippen MR) is 122 cm³/mol. The summed E-state index contributed by atoms with van der Waals surface area (Å²) in [4.78, 5) is 22.0. The second-order valence-corrected chi connectivity index (χ2v) is 8.60. The van der Waals surface area contributed by atoms with E-state index in [4.69, 9.17) is 0 Å². The molecule has 0 unspecified atom stereocenters. The van der Waals surface area contributed by atoms with E-state index in [1.807, 2.05) is 41.3 Å². The summed E-state index contributed by atoms with van der Waals surface area (Å²) in [5, 5.41) is 19.9. The van der Waals surface area contributed by atoms with E-state index in [-0.39, 0.29) is 11.9 Å². The average molecular weight is 425 g/mol. The van der Waals surface area contributed by atoms with Gasteiger partial charge in [-0.15, -0.1) is 0 Å². The molecule has 2 aromatic heterocycles. The standard InChI is InChI=1S/C25H23N5O2/c31-21-11-20-14-29(13-19-6-3-9-26-24(19)30(20)15-21)25(32)23-12-22(27-28-23)18-8-7-16-4-1-2-5-17(16)10-18/h1-10,12,20-21,31H,11,13-15H2,(H,27,28)/t20-,21+/m0/s1. The lowest BCUT2D eigenvalue weighted by Gasteiger charge is -2.26. The van der Waals surface area contributed by atoms with Gasteiger partial charge in [-0.2, -0.15) is 5.10 Å². The van der Waals surface area contributed by atoms with E-state index in [2.05, 4.69) is 44.3 Å². The Balaban J connectivity index is 1.30. The summed E-state index contributed by atoms with van der Waals surface area (Å²) in [6, 6.07) is 20.1. The Hall–Kier alpha value is -3.71. The van der Waals surface area contributed by atoms with Crippen molar-refractivity contribution < 1.29 is 9.90 Å². The normalized spacial score (nSPS) is 20.2. The van der Waals surface area contributed by atoms with Gasteiger partial charge in [0.2, 0.25) is 0 Å². The molecular weight excluding hydrogens is 402 g/mol. The fourth-order valence-corrected chi connectivity index (χ4v) is 4.91. The molecule has 160 valence electrons. The molecule has 6 rings (SSSR count). The predicted octanol–water partition coefficient (Wildman–Crippen LogP) is 3.22. The Labute approximate surface area is 185 Å². The number of carbonyl (C=O) groups is 1. The van der Waals surface area contributed by atoms with Crippen LogP contribution in [0.2, 0.25) is 0 Å². The van der Waals surface area contributed by atoms with E-state index in [1.54, 1.807) is 6.20 Å². The number of aliphatic hydroxyl groups excluding tert-OH is 1. The first kappa shape index (κ1) is 19.0. The number of anilines is 1. The van der Waals surface area contributed by atoms with Crippen molar-refractivity contribution >= 4 is 22.5 Å². The van der Waals surface area contributed by atoms with Crippen molar-refractivity contribution in [2.75, 3.05) is 18.0 Å². The van der Waals surface area contributed by atoms with E-state index >= 15 is 0 Å². The number of nitrogens with one attached hydrogen (secondary N) is 1. The number of aromatic nitrogens is 3. The van der Waals surface area contributed by atoms with Crippen molar-refractivity contribution in [3.63, 3.8) is 0 Å². The summed E-state index contributed by atoms with van der Waals surface area (Å²) in [7, 11) is 0. The van der Waals surface area contributed by atoms with E-state index in [1.165, 1.54) is 5.39 Å². The van der Waals surface area contributed by atoms with Crippen LogP contribution in [-0.2, 0) is 6.54 Å². The van der Waals surface area contributed by atoms with Gasteiger partial charge in [0, 0.05) is 37.0 Å². The first-order valence-corrected chi connectivity index (χ1v) is 10.9. The van der Waals surface area contributed by atoms with Gasteiger partial charge in [0.25, 0.3) is 5.91 Å². The highest BCUT2D eigenvalue weighted by atomic mass is 16.3. The summed E-state index contributed by atoms with van der Waals surface area (Å²) >= 11 is 0. The fraction of sp³-hybridized carbons (Fsp3) is 0.240. The van der Waals surface area contributed by atoms with Gasteiger partial charge in [-0.3, -0.25) is 9.89 Å². The number of amides is 1. The smallest absolute Gasteiger partial charge is 0.272 e. The monoisotopic (exact) mass is 425 g/mol. The molecule has 2 N–H and O–H groups in total. The summed E-state index contributed by atoms with van der Waals surface area (Å²) in [5.74, 6) is 0.772. The summed E-state index contributed by atoms with van der Waals surface area (Å²) in [6.07, 6.45) is 1.99. The highest BCUT2D eigenvalue weighted by Gasteiger charge is 2.38. The number of fused-ring (bicyclic) bond motifs is 4. The zero-order valence-corrected chi connectivity index (χ0v) is 17.5. The molecule has 0 spiro atoms. The maximum Gasteiger partial charge on any atom is 0.272 e. The lowest BCUT2D eigenvalue weighted by molar-refractivity contribution is 0.0727. The number of aromatic amines is 1. The molecule has 4 aromatic rings. The maximum absolute atomic E-state index is 13.4. The molecule has 7 nitrogen and oxygen atoms in total. The molecule has 0 saturated carbocycles. The van der Waals surface area contributed by atoms with Crippen LogP contribution in [0, 0.1) is 0 Å². The highest BCUT2D eigenvalue weighted by Crippen LogP contribution is 2.32. The van der Waals surface area contributed by atoms with E-state index in [0.29, 0.717) is 31.7 Å². The van der Waals surface area contributed by atoms with Crippen molar-refractivity contribution in [1.29, 1.82) is 0 Å². The zero-order chi connectivity index (χ0) is 21.7. The van der Waals surface area contributed by atoms with Crippen LogP contribution in [-0.4, -0.2) is 56.3 Å². The molecule has 0 aliphatic carbocycles. The molecule has 4 heterocycles. The van der Waals surface area contributed by atoms with Gasteiger partial charge in [0.1, 0.15) is 11.5 Å². The Morgan fingerprint density at radius 2 is 1.91 bits per heavy atom. The minimum atomic E-state index is -0.406. The van der Waals surface area contributed by atoms with Crippen LogP contribution >= 0.6 is 0 Å². The molecule has 1 amide bonds. The van der Waals surface area contributed by atoms with Gasteiger partial charge in [0.15, 0.2) is 0 Å². The molecule has 2 atom stereocenters. The maximum atomic E-state index is 13.4. The Morgan fingerprint density at radius 3 is 2.81 bits per heavy atom. The molecule has 0 bridgehead atoms. The Kier molecular flexibility index (Phi) is 4.43. The van der Waals surface area contributed by atoms with E-state index < -0.39 is 6.10 Å². The molecular formula is C25H23N5O2. The van der Waals surface area contributed by atoms with Crippen LogP contribution in [0.25, 0.3) is 22.0 Å². The van der Waals surface area contributed by atoms with Gasteiger partial charge in [0.05, 0.1) is 17.8 Å². The number of rotatable bonds is 2. The van der Waals surface area contributed by atoms with Crippen LogP contribution in [0.1, 0.15) is 22.5 Å². The molecule has 2 aromatic carbocycles. The lowest BCUT2D eigenvalue weighted by atomic mass is 10.0. The molecule has 32 heavy (non-hydrogen) atoms. The number of carbonyl (C=O) groups excluding carboxylic acids is 1. The SMILES string of the molecule is O=C(c1cc(-c2ccc3ccccc3c2)n[nH]1)N1Cc2cccnc2N2C[C@H](O)C[C@H]2C1. The van der Waals surface area contributed by atoms with Gasteiger partial charge in [-0.05, 0) is 35.4 Å². The number of nitrogens with zero attached hydrogens (tertiary/aromatic N) is 4. The lowest BCUT2D eigenvalue weighted by Crippen LogP contribution is -2.40. The third-order valence-corrected chi connectivity index (χ3v) is 6.46. The van der Waals surface area contributed by atoms with Gasteiger partial charge < -0.3 is 14.9 Å². The third-order valence-electron chi connectivity index (χ3n) is 6.46. The quantitative estimate of drug-likeness (QED) is 0.515. The zero-order valence-electron chi connectivity index (χ0n) is 17.5. The first-order chi connectivity index (χ1) is 15.7. The van der Waals surface area contributed by atoms with Gasteiger partial charge in [-0.1, -0.05) is 42.5 Å². The number of hydrogen-bond acceptors (Lipinski definition) is 5. The fourth-order valence-electron chi connectivity index (χ4n) is 4.91. The Morgan fingerprint density at radius 1 is 1.03 bits per heavy atom. The Bertz CT molecular complexity index is 1320. The minimum Gasteiger partial charge on any atom is -0.391 e. The van der Waals surface area contributed by atoms with Crippen LogP contribution in [0.4, 0.5) is 5.82 Å². The van der Waals surface area contributed by atoms with Crippen molar-refractivity contribution in [1.82, 2.24) is 20.1 Å². The van der Waals surface area contributed by atoms with Gasteiger partial charge >= 0.3 is 0 Å². The van der Waals surface area contributed by atoms with Crippen LogP contribution in [0.15, 0.2) is 66.9 Å². The van der Waals surface area contributed by atoms with E-state index in [0.717, 1.165) is 28.0 Å². The largest absolute Gasteiger partial charge is 0.391 e. The van der Waals surface area contributed by atoms with Crippen molar-refractivity contribution in [2.24, 2.45) is 0 Å². The molecule has 1 fully saturated rings. The second kappa shape index (κ2) is 7.46. The molecule has 0 radical (unpaired) electrons. The molecule has 7 heteroatoms. The van der Waals surface area contributed by atoms with Crippen molar-refractivity contribution in [3.8, 4) is 11.3 Å². The number of hydrogen-bond donors (Lipinski definition) is 2. The van der Waals surface area contributed by atoms with Crippen molar-refractivity contribution in [3.05, 3.63) is 78.1 Å². The minimum absolute atomic E-state index is 0.0491.